The number of benzene rings is 2. The first kappa shape index (κ1) is 10.2. The molecule has 2 aromatic carbocycles. The van der Waals surface area contributed by atoms with E-state index in [9.17, 15) is 0 Å². The lowest BCUT2D eigenvalue weighted by atomic mass is 10.1. The summed E-state index contributed by atoms with van der Waals surface area (Å²) in [7, 11) is 0. The normalized spacial score (nSPS) is 10.9. The Morgan fingerprint density at radius 3 is 2.29 bits per heavy atom. The van der Waals surface area contributed by atoms with Gasteiger partial charge in [0.2, 0.25) is 0 Å². The molecule has 0 atom stereocenters. The van der Waals surface area contributed by atoms with Crippen LogP contribution in [0.4, 0.5) is 0 Å². The van der Waals surface area contributed by atoms with E-state index in [-0.39, 0.29) is 0 Å². The summed E-state index contributed by atoms with van der Waals surface area (Å²) < 4.78 is 0. The summed E-state index contributed by atoms with van der Waals surface area (Å²) in [4.78, 5) is 3.48. The van der Waals surface area contributed by atoms with Gasteiger partial charge in [0.1, 0.15) is 0 Å². The second-order valence-corrected chi connectivity index (χ2v) is 4.57. The van der Waals surface area contributed by atoms with Crippen LogP contribution < -0.4 is 0 Å². The minimum atomic E-state index is 1.19. The third-order valence-electron chi connectivity index (χ3n) is 3.32. The van der Waals surface area contributed by atoms with Crippen molar-refractivity contribution in [2.24, 2.45) is 0 Å². The first-order valence-corrected chi connectivity index (χ1v) is 5.89. The summed E-state index contributed by atoms with van der Waals surface area (Å²) >= 11 is 0. The van der Waals surface area contributed by atoms with Gasteiger partial charge in [0.25, 0.3) is 0 Å². The van der Waals surface area contributed by atoms with Crippen molar-refractivity contribution in [1.29, 1.82) is 0 Å². The molecule has 0 aliphatic heterocycles. The summed E-state index contributed by atoms with van der Waals surface area (Å²) in [5.41, 5.74) is 6.31. The van der Waals surface area contributed by atoms with Crippen LogP contribution in [0.3, 0.4) is 0 Å². The predicted molar refractivity (Wildman–Crippen MR) is 73.2 cm³/mol. The Morgan fingerprint density at radius 2 is 1.53 bits per heavy atom. The molecule has 0 spiro atoms. The summed E-state index contributed by atoms with van der Waals surface area (Å²) in [6.45, 7) is 4.31. The number of aromatic amines is 1. The van der Waals surface area contributed by atoms with Crippen molar-refractivity contribution in [2.75, 3.05) is 0 Å². The topological polar surface area (TPSA) is 15.8 Å². The van der Waals surface area contributed by atoms with Gasteiger partial charge in [0.15, 0.2) is 0 Å². The van der Waals surface area contributed by atoms with E-state index in [0.29, 0.717) is 0 Å². The first-order chi connectivity index (χ1) is 8.24. The minimum absolute atomic E-state index is 1.19. The van der Waals surface area contributed by atoms with E-state index in [4.69, 9.17) is 0 Å². The number of hydrogen-bond acceptors (Lipinski definition) is 0. The van der Waals surface area contributed by atoms with Crippen LogP contribution in [0.15, 0.2) is 48.5 Å². The van der Waals surface area contributed by atoms with E-state index in [1.807, 2.05) is 6.07 Å². The molecule has 17 heavy (non-hydrogen) atoms. The van der Waals surface area contributed by atoms with Gasteiger partial charge >= 0.3 is 0 Å². The number of H-pyrrole nitrogens is 1. The van der Waals surface area contributed by atoms with Crippen LogP contribution in [-0.4, -0.2) is 4.98 Å². The molecule has 0 unspecified atom stereocenters. The summed E-state index contributed by atoms with van der Waals surface area (Å²) in [5, 5.41) is 1.28. The molecule has 0 bridgehead atoms. The predicted octanol–water partition coefficient (Wildman–Crippen LogP) is 4.45. The maximum Gasteiger partial charge on any atom is 0.0464 e. The zero-order chi connectivity index (χ0) is 11.8. The van der Waals surface area contributed by atoms with E-state index >= 15 is 0 Å². The van der Waals surface area contributed by atoms with Crippen molar-refractivity contribution >= 4 is 10.9 Å². The average Bonchev–Trinajstić information content (AvgIpc) is 2.74. The van der Waals surface area contributed by atoms with Crippen molar-refractivity contribution in [3.8, 4) is 11.3 Å². The number of nitrogens with one attached hydrogen (secondary N) is 1. The SMILES string of the molecule is Cc1cc2cc(-c3ccccc3)[nH]c2cc1C. The quantitative estimate of drug-likeness (QED) is 0.624. The van der Waals surface area contributed by atoms with Crippen LogP contribution in [-0.2, 0) is 0 Å². The molecule has 1 heteroatoms. The fourth-order valence-electron chi connectivity index (χ4n) is 2.18. The maximum absolute atomic E-state index is 3.48. The van der Waals surface area contributed by atoms with Crippen LogP contribution in [0.2, 0.25) is 0 Å². The minimum Gasteiger partial charge on any atom is -0.355 e. The first-order valence-electron chi connectivity index (χ1n) is 5.89. The van der Waals surface area contributed by atoms with Crippen LogP contribution >= 0.6 is 0 Å². The Balaban J connectivity index is 2.21. The molecule has 1 aromatic heterocycles. The lowest BCUT2D eigenvalue weighted by Gasteiger charge is -1.98. The molecular weight excluding hydrogens is 206 g/mol. The lowest BCUT2D eigenvalue weighted by Crippen LogP contribution is -1.79. The molecule has 0 aliphatic rings. The smallest absolute Gasteiger partial charge is 0.0464 e. The standard InChI is InChI=1S/C16H15N/c1-11-8-14-10-16(13-6-4-3-5-7-13)17-15(14)9-12(11)2/h3-10,17H,1-2H3. The Labute approximate surface area is 101 Å². The van der Waals surface area contributed by atoms with Gasteiger partial charge in [-0.1, -0.05) is 30.3 Å². The van der Waals surface area contributed by atoms with Crippen molar-refractivity contribution in [3.63, 3.8) is 0 Å². The number of aryl methyl sites for hydroxylation is 2. The molecule has 1 nitrogen and oxygen atoms in total. The Hall–Kier alpha value is -2.02. The van der Waals surface area contributed by atoms with E-state index in [0.717, 1.165) is 0 Å². The Kier molecular flexibility index (Phi) is 2.25. The molecule has 84 valence electrons. The van der Waals surface area contributed by atoms with Gasteiger partial charge in [-0.15, -0.1) is 0 Å². The molecule has 0 radical (unpaired) electrons. The molecule has 3 rings (SSSR count). The highest BCUT2D eigenvalue weighted by atomic mass is 14.7. The molecule has 0 aliphatic carbocycles. The number of rotatable bonds is 1. The van der Waals surface area contributed by atoms with Gasteiger partial charge < -0.3 is 4.98 Å². The average molecular weight is 221 g/mol. The van der Waals surface area contributed by atoms with Crippen molar-refractivity contribution in [3.05, 3.63) is 59.7 Å². The van der Waals surface area contributed by atoms with E-state index in [1.165, 1.54) is 33.3 Å². The van der Waals surface area contributed by atoms with Gasteiger partial charge in [-0.3, -0.25) is 0 Å². The third kappa shape index (κ3) is 1.74. The molecule has 1 N–H and O–H groups in total. The van der Waals surface area contributed by atoms with Crippen LogP contribution in [0.5, 0.6) is 0 Å². The van der Waals surface area contributed by atoms with Crippen LogP contribution in [0.1, 0.15) is 11.1 Å². The fourth-order valence-corrected chi connectivity index (χ4v) is 2.18. The molecule has 0 fully saturated rings. The number of aromatic nitrogens is 1. The van der Waals surface area contributed by atoms with Crippen LogP contribution in [0.25, 0.3) is 22.2 Å². The largest absolute Gasteiger partial charge is 0.355 e. The van der Waals surface area contributed by atoms with Gasteiger partial charge in [0, 0.05) is 16.6 Å². The Bertz CT molecular complexity index is 624. The number of hydrogen-bond donors (Lipinski definition) is 1. The van der Waals surface area contributed by atoms with Crippen molar-refractivity contribution < 1.29 is 0 Å². The zero-order valence-corrected chi connectivity index (χ0v) is 10.1. The lowest BCUT2D eigenvalue weighted by molar-refractivity contribution is 1.35. The molecule has 3 aromatic rings. The maximum atomic E-state index is 3.48. The fraction of sp³-hybridized carbons (Fsp3) is 0.125. The molecule has 0 saturated carbocycles. The van der Waals surface area contributed by atoms with Gasteiger partial charge in [-0.25, -0.2) is 0 Å². The van der Waals surface area contributed by atoms with E-state index in [2.05, 4.69) is 61.3 Å². The molecule has 1 heterocycles. The summed E-state index contributed by atoms with van der Waals surface area (Å²) in [6, 6.07) is 17.1. The summed E-state index contributed by atoms with van der Waals surface area (Å²) in [6.07, 6.45) is 0. The Morgan fingerprint density at radius 1 is 0.824 bits per heavy atom. The van der Waals surface area contributed by atoms with Crippen molar-refractivity contribution in [2.45, 2.75) is 13.8 Å². The van der Waals surface area contributed by atoms with Crippen LogP contribution in [0, 0.1) is 13.8 Å². The van der Waals surface area contributed by atoms with Gasteiger partial charge in [-0.05, 0) is 48.7 Å². The zero-order valence-electron chi connectivity index (χ0n) is 10.1. The second-order valence-electron chi connectivity index (χ2n) is 4.57. The van der Waals surface area contributed by atoms with E-state index in [1.54, 1.807) is 0 Å². The monoisotopic (exact) mass is 221 g/mol. The number of fused-ring (bicyclic) bond motifs is 1. The third-order valence-corrected chi connectivity index (χ3v) is 3.32. The van der Waals surface area contributed by atoms with Gasteiger partial charge in [-0.2, -0.15) is 0 Å². The molecular formula is C16H15N. The van der Waals surface area contributed by atoms with Gasteiger partial charge in [0.05, 0.1) is 0 Å². The summed E-state index contributed by atoms with van der Waals surface area (Å²) in [5.74, 6) is 0. The molecule has 0 saturated heterocycles. The highest BCUT2D eigenvalue weighted by molar-refractivity contribution is 5.87. The second kappa shape index (κ2) is 3.77. The highest BCUT2D eigenvalue weighted by Gasteiger charge is 2.04. The highest BCUT2D eigenvalue weighted by Crippen LogP contribution is 2.25. The molecule has 0 amide bonds. The van der Waals surface area contributed by atoms with Crippen molar-refractivity contribution in [1.82, 2.24) is 4.98 Å². The van der Waals surface area contributed by atoms with E-state index < -0.39 is 0 Å².